The normalized spacial score (nSPS) is 17.8. The van der Waals surface area contributed by atoms with Gasteiger partial charge in [0.05, 0.1) is 6.04 Å². The van der Waals surface area contributed by atoms with Crippen LogP contribution in [-0.4, -0.2) is 31.7 Å². The first-order valence-electron chi connectivity index (χ1n) is 4.72. The van der Waals surface area contributed by atoms with E-state index >= 15 is 0 Å². The molecule has 13 heavy (non-hydrogen) atoms. The van der Waals surface area contributed by atoms with Gasteiger partial charge in [-0.2, -0.15) is 0 Å². The SMILES string of the molecule is CC(C)(C)CNC(=O)NC1CNC1. The third kappa shape index (κ3) is 4.12. The lowest BCUT2D eigenvalue weighted by atomic mass is 9.97. The first kappa shape index (κ1) is 10.3. The van der Waals surface area contributed by atoms with E-state index in [4.69, 9.17) is 0 Å². The average molecular weight is 185 g/mol. The number of amides is 2. The van der Waals surface area contributed by atoms with Gasteiger partial charge in [0.1, 0.15) is 0 Å². The largest absolute Gasteiger partial charge is 0.338 e. The number of nitrogens with one attached hydrogen (secondary N) is 3. The highest BCUT2D eigenvalue weighted by atomic mass is 16.2. The molecule has 0 bridgehead atoms. The Morgan fingerprint density at radius 2 is 2.08 bits per heavy atom. The van der Waals surface area contributed by atoms with Crippen LogP contribution in [0.25, 0.3) is 0 Å². The van der Waals surface area contributed by atoms with Gasteiger partial charge in [-0.15, -0.1) is 0 Å². The van der Waals surface area contributed by atoms with Crippen molar-refractivity contribution in [3.8, 4) is 0 Å². The number of carbonyl (C=O) groups excluding carboxylic acids is 1. The average Bonchev–Trinajstić information content (AvgIpc) is 1.91. The standard InChI is InChI=1S/C9H19N3O/c1-9(2,3)6-11-8(13)12-7-4-10-5-7/h7,10H,4-6H2,1-3H3,(H2,11,12,13). The number of hydrogen-bond acceptors (Lipinski definition) is 2. The highest BCUT2D eigenvalue weighted by Crippen LogP contribution is 2.09. The lowest BCUT2D eigenvalue weighted by Gasteiger charge is -2.28. The second-order valence-corrected chi connectivity index (χ2v) is 4.74. The molecule has 0 aromatic heterocycles. The van der Waals surface area contributed by atoms with E-state index in [0.717, 1.165) is 13.1 Å². The van der Waals surface area contributed by atoms with E-state index in [9.17, 15) is 4.79 Å². The molecule has 1 saturated heterocycles. The Hall–Kier alpha value is -0.770. The fraction of sp³-hybridized carbons (Fsp3) is 0.889. The molecule has 0 saturated carbocycles. The predicted molar refractivity (Wildman–Crippen MR) is 52.6 cm³/mol. The fourth-order valence-electron chi connectivity index (χ4n) is 0.973. The van der Waals surface area contributed by atoms with E-state index in [1.54, 1.807) is 0 Å². The van der Waals surface area contributed by atoms with Gasteiger partial charge in [0.2, 0.25) is 0 Å². The van der Waals surface area contributed by atoms with Gasteiger partial charge < -0.3 is 16.0 Å². The number of carbonyl (C=O) groups is 1. The molecule has 0 spiro atoms. The monoisotopic (exact) mass is 185 g/mol. The molecule has 3 N–H and O–H groups in total. The van der Waals surface area contributed by atoms with Crippen LogP contribution in [-0.2, 0) is 0 Å². The molecular weight excluding hydrogens is 166 g/mol. The molecule has 1 aliphatic heterocycles. The maximum absolute atomic E-state index is 11.2. The Morgan fingerprint density at radius 1 is 1.46 bits per heavy atom. The zero-order chi connectivity index (χ0) is 9.90. The predicted octanol–water partition coefficient (Wildman–Crippen LogP) is 0.304. The smallest absolute Gasteiger partial charge is 0.315 e. The van der Waals surface area contributed by atoms with E-state index in [2.05, 4.69) is 36.7 Å². The van der Waals surface area contributed by atoms with Crippen molar-refractivity contribution in [3.63, 3.8) is 0 Å². The third-order valence-electron chi connectivity index (χ3n) is 1.90. The minimum atomic E-state index is -0.0542. The van der Waals surface area contributed by atoms with Crippen molar-refractivity contribution in [1.29, 1.82) is 0 Å². The lowest BCUT2D eigenvalue weighted by Crippen LogP contribution is -2.59. The van der Waals surface area contributed by atoms with Crippen molar-refractivity contribution in [2.45, 2.75) is 26.8 Å². The minimum Gasteiger partial charge on any atom is -0.338 e. The van der Waals surface area contributed by atoms with Crippen LogP contribution in [0.4, 0.5) is 4.79 Å². The summed E-state index contributed by atoms with van der Waals surface area (Å²) in [7, 11) is 0. The summed E-state index contributed by atoms with van der Waals surface area (Å²) in [6.07, 6.45) is 0. The van der Waals surface area contributed by atoms with Crippen LogP contribution >= 0.6 is 0 Å². The Labute approximate surface area is 79.5 Å². The molecule has 0 aromatic rings. The van der Waals surface area contributed by atoms with Crippen molar-refractivity contribution < 1.29 is 4.79 Å². The van der Waals surface area contributed by atoms with Gasteiger partial charge in [-0.3, -0.25) is 0 Å². The summed E-state index contributed by atoms with van der Waals surface area (Å²) in [5.74, 6) is 0. The van der Waals surface area contributed by atoms with E-state index in [1.165, 1.54) is 0 Å². The van der Waals surface area contributed by atoms with Gasteiger partial charge in [-0.25, -0.2) is 4.79 Å². The number of rotatable bonds is 2. The summed E-state index contributed by atoms with van der Waals surface area (Å²) < 4.78 is 0. The summed E-state index contributed by atoms with van der Waals surface area (Å²) in [6.45, 7) is 8.78. The molecule has 1 aliphatic rings. The Balaban J connectivity index is 2.10. The van der Waals surface area contributed by atoms with E-state index in [0.29, 0.717) is 12.6 Å². The summed E-state index contributed by atoms with van der Waals surface area (Å²) >= 11 is 0. The Kier molecular flexibility index (Phi) is 3.14. The summed E-state index contributed by atoms with van der Waals surface area (Å²) in [6, 6.07) is 0.265. The highest BCUT2D eigenvalue weighted by Gasteiger charge is 2.19. The van der Waals surface area contributed by atoms with Crippen molar-refractivity contribution in [1.82, 2.24) is 16.0 Å². The third-order valence-corrected chi connectivity index (χ3v) is 1.90. The van der Waals surface area contributed by atoms with E-state index in [-0.39, 0.29) is 11.4 Å². The van der Waals surface area contributed by atoms with Crippen LogP contribution in [0.3, 0.4) is 0 Å². The molecule has 2 amide bonds. The van der Waals surface area contributed by atoms with Crippen molar-refractivity contribution in [2.24, 2.45) is 5.41 Å². The topological polar surface area (TPSA) is 53.2 Å². The Morgan fingerprint density at radius 3 is 2.46 bits per heavy atom. The molecule has 0 radical (unpaired) electrons. The highest BCUT2D eigenvalue weighted by molar-refractivity contribution is 5.74. The molecule has 1 rings (SSSR count). The van der Waals surface area contributed by atoms with Gasteiger partial charge in [-0.1, -0.05) is 20.8 Å². The molecular formula is C9H19N3O. The minimum absolute atomic E-state index is 0.0542. The van der Waals surface area contributed by atoms with Crippen LogP contribution in [0.15, 0.2) is 0 Å². The summed E-state index contributed by atoms with van der Waals surface area (Å²) in [5.41, 5.74) is 0.148. The molecule has 0 aliphatic carbocycles. The maximum Gasteiger partial charge on any atom is 0.315 e. The van der Waals surface area contributed by atoms with Gasteiger partial charge in [0, 0.05) is 19.6 Å². The van der Waals surface area contributed by atoms with Crippen molar-refractivity contribution in [2.75, 3.05) is 19.6 Å². The molecule has 0 atom stereocenters. The molecule has 4 nitrogen and oxygen atoms in total. The number of urea groups is 1. The van der Waals surface area contributed by atoms with Crippen LogP contribution < -0.4 is 16.0 Å². The van der Waals surface area contributed by atoms with Crippen LogP contribution in [0, 0.1) is 5.41 Å². The van der Waals surface area contributed by atoms with E-state index in [1.807, 2.05) is 0 Å². The van der Waals surface area contributed by atoms with Crippen LogP contribution in [0.1, 0.15) is 20.8 Å². The van der Waals surface area contributed by atoms with Gasteiger partial charge in [0.25, 0.3) is 0 Å². The van der Waals surface area contributed by atoms with Crippen molar-refractivity contribution >= 4 is 6.03 Å². The molecule has 76 valence electrons. The molecule has 1 heterocycles. The second-order valence-electron chi connectivity index (χ2n) is 4.74. The van der Waals surface area contributed by atoms with Crippen LogP contribution in [0.5, 0.6) is 0 Å². The summed E-state index contributed by atoms with van der Waals surface area (Å²) in [4.78, 5) is 11.2. The lowest BCUT2D eigenvalue weighted by molar-refractivity contribution is 0.226. The maximum atomic E-state index is 11.2. The molecule has 1 fully saturated rings. The van der Waals surface area contributed by atoms with Gasteiger partial charge in [-0.05, 0) is 5.41 Å². The van der Waals surface area contributed by atoms with Crippen molar-refractivity contribution in [3.05, 3.63) is 0 Å². The van der Waals surface area contributed by atoms with Crippen LogP contribution in [0.2, 0.25) is 0 Å². The van der Waals surface area contributed by atoms with Gasteiger partial charge >= 0.3 is 6.03 Å². The first-order valence-corrected chi connectivity index (χ1v) is 4.72. The van der Waals surface area contributed by atoms with E-state index < -0.39 is 0 Å². The molecule has 0 unspecified atom stereocenters. The zero-order valence-corrected chi connectivity index (χ0v) is 8.61. The zero-order valence-electron chi connectivity index (χ0n) is 8.61. The fourth-order valence-corrected chi connectivity index (χ4v) is 0.973. The summed E-state index contributed by atoms with van der Waals surface area (Å²) in [5, 5.41) is 8.82. The first-order chi connectivity index (χ1) is 5.97. The molecule has 4 heteroatoms. The quantitative estimate of drug-likeness (QED) is 0.579. The second kappa shape index (κ2) is 3.96. The number of hydrogen-bond donors (Lipinski definition) is 3. The van der Waals surface area contributed by atoms with Gasteiger partial charge in [0.15, 0.2) is 0 Å². The molecule has 0 aromatic carbocycles. The Bertz CT molecular complexity index is 182.